The van der Waals surface area contributed by atoms with Crippen LogP contribution in [0, 0.1) is 0 Å². The highest BCUT2D eigenvalue weighted by Crippen LogP contribution is 2.63. The van der Waals surface area contributed by atoms with Gasteiger partial charge in [-0.05, 0) is 108 Å². The van der Waals surface area contributed by atoms with Crippen LogP contribution in [0.25, 0.3) is 0 Å². The SMILES string of the molecule is CC(C)OP1(=O)OC[C@H]2OC(n3ccc(NC(=O)c4ccc(Cl)c(Cl)c4)nc3=O)C(F)(F)[C@@H]2O1.COc1cc(C(=O)Nc2ccn(C3O[C@@H]4COP(=O)(OC(C)C)O[C@H]4C3(F)F)c(=O)n2)cc(OC)c1OC.COc1ccc(C(=O)Nc2ccn(C3O[C@@H]4COP(=O)(OC(C)C)O[C@H]4C3(F)F)c(=O)n2)cc1OC. The van der Waals surface area contributed by atoms with Crippen LogP contribution in [0.5, 0.6) is 28.7 Å². The molecule has 0 spiro atoms. The zero-order valence-corrected chi connectivity index (χ0v) is 62.5. The van der Waals surface area contributed by atoms with Gasteiger partial charge in [0.05, 0.1) is 83.7 Å². The lowest BCUT2D eigenvalue weighted by atomic mass is 10.1. The Morgan fingerprint density at radius 1 is 0.454 bits per heavy atom. The molecule has 6 aromatic rings. The number of phosphoric acid groups is 3. The maximum atomic E-state index is 15.3. The first-order valence-corrected chi connectivity index (χ1v) is 37.1. The average Bonchev–Trinajstić information content (AvgIpc) is 1.60. The summed E-state index contributed by atoms with van der Waals surface area (Å²) in [5.41, 5.74) is -2.98. The molecule has 3 aromatic carbocycles. The number of phosphoric ester groups is 3. The third kappa shape index (κ3) is 17.9. The maximum absolute atomic E-state index is 15.3. The molecule has 3 aromatic heterocycles. The summed E-state index contributed by atoms with van der Waals surface area (Å²) in [7, 11) is -5.72. The van der Waals surface area contributed by atoms with E-state index in [0.717, 1.165) is 36.8 Å². The van der Waals surface area contributed by atoms with Crippen molar-refractivity contribution < 1.29 is 133 Å². The molecule has 35 nitrogen and oxygen atoms in total. The normalized spacial score (nSPS) is 27.0. The van der Waals surface area contributed by atoms with Gasteiger partial charge in [-0.1, -0.05) is 23.2 Å². The fourth-order valence-electron chi connectivity index (χ4n) is 11.0. The van der Waals surface area contributed by atoms with Crippen LogP contribution in [0.4, 0.5) is 43.8 Å². The number of carbonyl (C=O) groups is 3. The fourth-order valence-corrected chi connectivity index (χ4v) is 16.0. The van der Waals surface area contributed by atoms with Crippen LogP contribution in [0.1, 0.15) is 91.3 Å². The van der Waals surface area contributed by atoms with E-state index in [-0.39, 0.29) is 61.4 Å². The summed E-state index contributed by atoms with van der Waals surface area (Å²) >= 11 is 11.7. The second kappa shape index (κ2) is 32.9. The molecule has 6 unspecified atom stereocenters. The minimum absolute atomic E-state index is 0.0883. The van der Waals surface area contributed by atoms with Gasteiger partial charge in [0.1, 0.15) is 35.8 Å². The van der Waals surface area contributed by atoms with E-state index >= 15 is 26.3 Å². The Hall–Kier alpha value is -7.92. The molecule has 6 aliphatic rings. The lowest BCUT2D eigenvalue weighted by Crippen LogP contribution is -2.45. The molecule has 108 heavy (non-hydrogen) atoms. The van der Waals surface area contributed by atoms with Gasteiger partial charge in [0.2, 0.25) is 24.4 Å². The molecular formula is C62H68Cl2F6N9O26P3. The van der Waals surface area contributed by atoms with Gasteiger partial charge in [-0.25, -0.2) is 28.1 Å². The molecule has 0 saturated carbocycles. The second-order valence-corrected chi connectivity index (χ2v) is 29.9. The van der Waals surface area contributed by atoms with Crippen LogP contribution >= 0.6 is 46.7 Å². The van der Waals surface area contributed by atoms with Crippen LogP contribution in [0.3, 0.4) is 0 Å². The van der Waals surface area contributed by atoms with E-state index in [1.807, 2.05) is 0 Å². The smallest absolute Gasteiger partial charge is 0.475 e. The number of hydrogen-bond donors (Lipinski definition) is 3. The Balaban J connectivity index is 0.000000173. The molecule has 46 heteroatoms. The third-order valence-electron chi connectivity index (χ3n) is 15.7. The Bertz CT molecular complexity index is 4700. The molecule has 3 N–H and O–H groups in total. The van der Waals surface area contributed by atoms with Crippen molar-refractivity contribution in [1.29, 1.82) is 0 Å². The summed E-state index contributed by atoms with van der Waals surface area (Å²) in [4.78, 5) is 86.5. The third-order valence-corrected chi connectivity index (χ3v) is 21.3. The van der Waals surface area contributed by atoms with Gasteiger partial charge in [0.25, 0.3) is 17.7 Å². The van der Waals surface area contributed by atoms with Gasteiger partial charge in [-0.3, -0.25) is 68.8 Å². The number of fused-ring (bicyclic) bond motifs is 3. The first kappa shape index (κ1) is 82.6. The van der Waals surface area contributed by atoms with E-state index in [1.165, 1.54) is 112 Å². The fraction of sp³-hybridized carbons (Fsp3) is 0.468. The predicted molar refractivity (Wildman–Crippen MR) is 362 cm³/mol. The number of rotatable bonds is 20. The summed E-state index contributed by atoms with van der Waals surface area (Å²) < 4.78 is 217. The number of amides is 3. The number of hydrogen-bond acceptors (Lipinski definition) is 29. The standard InChI is InChI=1S/C22H26F2N3O10P.C21H24F2N3O9P.C19H18Cl2F2N3O7P/c1-11(2)36-38(30)34-10-15-18(37-38)22(23,24)20(35-15)27-7-6-16(26-21(27)29)25-19(28)12-8-13(31-3)17(33-5)14(9-12)32-4;1-11(2)34-36(29)32-10-15-17(35-36)21(22,23)19(33-15)26-8-7-16(25-20(26)28)24-18(27)12-5-6-13(30-3)14(9-12)31-4;1-9(2)32-34(29)30-8-13-15(33-34)19(22,23)17(31-13)26-6-5-14(25-18(26)28)24-16(27)10-3-4-11(20)12(21)7-10/h6-9,11,15,18,20H,10H2,1-5H3,(H,25,26,28,29);5-9,11,15,17,19H,10H2,1-4H3,(H,24,25,27,28);3-7,9,13,15,17H,8H2,1-2H3,(H,24,25,27,28)/t15-,18-,20?,38?;15-,17-,19?,36?;13-,15-,17?,34?/m111/s1. The zero-order valence-electron chi connectivity index (χ0n) is 58.3. The average molecular weight is 1630 g/mol. The van der Waals surface area contributed by atoms with Gasteiger partial charge >= 0.3 is 58.3 Å². The zero-order chi connectivity index (χ0) is 78.9. The van der Waals surface area contributed by atoms with Gasteiger partial charge in [-0.15, -0.1) is 0 Å². The number of ether oxygens (including phenoxy) is 8. The highest BCUT2D eigenvalue weighted by atomic mass is 35.5. The number of anilines is 3. The lowest BCUT2D eigenvalue weighted by Gasteiger charge is -2.32. The Labute approximate surface area is 617 Å². The van der Waals surface area contributed by atoms with Crippen molar-refractivity contribution in [3.63, 3.8) is 0 Å². The van der Waals surface area contributed by atoms with Crippen LogP contribution in [-0.2, 0) is 68.6 Å². The molecule has 0 radical (unpaired) electrons. The van der Waals surface area contributed by atoms with Crippen molar-refractivity contribution >= 4 is 81.8 Å². The second-order valence-electron chi connectivity index (χ2n) is 24.4. The van der Waals surface area contributed by atoms with Crippen LogP contribution in [-0.4, -0.2) is 174 Å². The van der Waals surface area contributed by atoms with Crippen molar-refractivity contribution in [3.05, 3.63) is 144 Å². The quantitative estimate of drug-likeness (QED) is 0.0472. The Kier molecular flexibility index (Phi) is 25.2. The number of methoxy groups -OCH3 is 5. The summed E-state index contributed by atoms with van der Waals surface area (Å²) in [6.45, 7) is 7.78. The van der Waals surface area contributed by atoms with Crippen LogP contribution < -0.4 is 56.7 Å². The van der Waals surface area contributed by atoms with E-state index in [4.69, 9.17) is 102 Å². The molecule has 0 bridgehead atoms. The number of carbonyl (C=O) groups excluding carboxylic acids is 3. The minimum Gasteiger partial charge on any atom is -0.493 e. The molecule has 588 valence electrons. The van der Waals surface area contributed by atoms with Gasteiger partial charge in [-0.2, -0.15) is 41.3 Å². The van der Waals surface area contributed by atoms with Gasteiger partial charge < -0.3 is 53.8 Å². The molecule has 9 heterocycles. The van der Waals surface area contributed by atoms with E-state index in [1.54, 1.807) is 13.8 Å². The minimum atomic E-state index is -4.26. The number of nitrogens with zero attached hydrogens (tertiary/aromatic N) is 6. The van der Waals surface area contributed by atoms with Crippen LogP contribution in [0.15, 0.2) is 99.7 Å². The van der Waals surface area contributed by atoms with Crippen LogP contribution in [0.2, 0.25) is 10.0 Å². The van der Waals surface area contributed by atoms with Crippen molar-refractivity contribution in [2.45, 2.75) is 133 Å². The van der Waals surface area contributed by atoms with E-state index in [0.29, 0.717) is 25.2 Å². The molecule has 6 fully saturated rings. The molecule has 12 rings (SSSR count). The highest BCUT2D eigenvalue weighted by Gasteiger charge is 2.68. The number of benzene rings is 3. The first-order chi connectivity index (χ1) is 50.8. The lowest BCUT2D eigenvalue weighted by molar-refractivity contribution is -0.139. The highest BCUT2D eigenvalue weighted by molar-refractivity contribution is 7.49. The Morgan fingerprint density at radius 2 is 0.769 bits per heavy atom. The molecule has 12 atom stereocenters. The maximum Gasteiger partial charge on any atom is 0.475 e. The van der Waals surface area contributed by atoms with Crippen molar-refractivity contribution in [1.82, 2.24) is 28.7 Å². The van der Waals surface area contributed by atoms with E-state index in [9.17, 15) is 42.5 Å². The van der Waals surface area contributed by atoms with Gasteiger partial charge in [0.15, 0.2) is 41.3 Å². The van der Waals surface area contributed by atoms with Crippen molar-refractivity contribution in [3.8, 4) is 28.7 Å². The summed E-state index contributed by atoms with van der Waals surface area (Å²) in [5.74, 6) is -12.5. The summed E-state index contributed by atoms with van der Waals surface area (Å²) in [6, 6.07) is 14.8. The summed E-state index contributed by atoms with van der Waals surface area (Å²) in [6.07, 6.45) is -15.1. The number of halogens is 8. The molecule has 3 amide bonds. The largest absolute Gasteiger partial charge is 0.493 e. The van der Waals surface area contributed by atoms with Crippen molar-refractivity contribution in [2.75, 3.05) is 71.3 Å². The monoisotopic (exact) mass is 1630 g/mol. The molecule has 6 aliphatic heterocycles. The van der Waals surface area contributed by atoms with Crippen molar-refractivity contribution in [2.24, 2.45) is 0 Å². The molecule has 0 aliphatic carbocycles. The number of alkyl halides is 6. The number of nitrogens with one attached hydrogen (secondary N) is 3. The van der Waals surface area contributed by atoms with E-state index in [2.05, 4.69) is 30.9 Å². The summed E-state index contributed by atoms with van der Waals surface area (Å²) in [5, 5.41) is 7.60. The molecule has 6 saturated heterocycles. The van der Waals surface area contributed by atoms with Gasteiger partial charge in [0, 0.05) is 35.3 Å². The first-order valence-electron chi connectivity index (χ1n) is 31.9. The predicted octanol–water partition coefficient (Wildman–Crippen LogP) is 10.3. The number of aromatic nitrogens is 6. The Morgan fingerprint density at radius 3 is 1.07 bits per heavy atom. The van der Waals surface area contributed by atoms with E-state index < -0.39 is 169 Å². The molecular weight excluding hydrogens is 1560 g/mol. The topological polar surface area (TPSA) is 400 Å².